The molecule has 0 N–H and O–H groups in total. The maximum atomic E-state index is 5.38. The van der Waals surface area contributed by atoms with Crippen molar-refractivity contribution >= 4 is 65.3 Å². The summed E-state index contributed by atoms with van der Waals surface area (Å²) >= 11 is 0. The molecule has 0 amide bonds. The molecule has 0 bridgehead atoms. The predicted molar refractivity (Wildman–Crippen MR) is 217 cm³/mol. The van der Waals surface area contributed by atoms with Gasteiger partial charge in [-0.15, -0.1) is 0 Å². The van der Waals surface area contributed by atoms with E-state index in [4.69, 9.17) is 9.97 Å². The second-order valence-electron chi connectivity index (χ2n) is 13.4. The second-order valence-corrected chi connectivity index (χ2v) is 13.4. The molecule has 0 fully saturated rings. The summed E-state index contributed by atoms with van der Waals surface area (Å²) in [5.41, 5.74) is 10.9. The lowest BCUT2D eigenvalue weighted by Gasteiger charge is -2.14. The molecule has 3 aromatic heterocycles. The number of benzene rings is 8. The molecule has 0 spiro atoms. The summed E-state index contributed by atoms with van der Waals surface area (Å²) in [4.78, 5) is 10.7. The first-order valence-corrected chi connectivity index (χ1v) is 17.7. The third kappa shape index (κ3) is 4.15. The number of fused-ring (bicyclic) bond motifs is 10. The van der Waals surface area contributed by atoms with E-state index in [1.807, 2.05) is 6.07 Å². The van der Waals surface area contributed by atoms with Gasteiger partial charge in [0, 0.05) is 38.1 Å². The van der Waals surface area contributed by atoms with Crippen molar-refractivity contribution in [1.82, 2.24) is 19.1 Å². The van der Waals surface area contributed by atoms with Crippen molar-refractivity contribution in [3.05, 3.63) is 182 Å². The van der Waals surface area contributed by atoms with Crippen molar-refractivity contribution in [3.63, 3.8) is 0 Å². The molecule has 0 aliphatic carbocycles. The van der Waals surface area contributed by atoms with E-state index in [0.717, 1.165) is 44.4 Å². The van der Waals surface area contributed by atoms with Gasteiger partial charge in [-0.2, -0.15) is 0 Å². The van der Waals surface area contributed by atoms with Gasteiger partial charge in [0.2, 0.25) is 5.95 Å². The first-order valence-electron chi connectivity index (χ1n) is 17.7. The molecule has 0 unspecified atom stereocenters. The zero-order valence-electron chi connectivity index (χ0n) is 28.1. The fourth-order valence-corrected chi connectivity index (χ4v) is 8.31. The highest BCUT2D eigenvalue weighted by atomic mass is 15.2. The molecule has 0 aliphatic heterocycles. The van der Waals surface area contributed by atoms with Crippen molar-refractivity contribution in [1.29, 1.82) is 0 Å². The van der Waals surface area contributed by atoms with Gasteiger partial charge in [-0.3, -0.25) is 4.57 Å². The van der Waals surface area contributed by atoms with Gasteiger partial charge in [0.15, 0.2) is 0 Å². The summed E-state index contributed by atoms with van der Waals surface area (Å²) in [6, 6.07) is 64.8. The lowest BCUT2D eigenvalue weighted by Crippen LogP contribution is -2.03. The summed E-state index contributed by atoms with van der Waals surface area (Å²) < 4.78 is 4.72. The number of hydrogen-bond donors (Lipinski definition) is 0. The van der Waals surface area contributed by atoms with E-state index < -0.39 is 0 Å². The first kappa shape index (κ1) is 28.8. The highest BCUT2D eigenvalue weighted by molar-refractivity contribution is 6.33. The molecular weight excluding hydrogens is 633 g/mol. The van der Waals surface area contributed by atoms with Crippen LogP contribution < -0.4 is 0 Å². The molecule has 242 valence electrons. The normalized spacial score (nSPS) is 11.8. The van der Waals surface area contributed by atoms with Crippen LogP contribution in [0.25, 0.3) is 99.3 Å². The molecule has 0 saturated carbocycles. The van der Waals surface area contributed by atoms with Gasteiger partial charge in [0.1, 0.15) is 0 Å². The average molecular weight is 663 g/mol. The van der Waals surface area contributed by atoms with Gasteiger partial charge in [-0.05, 0) is 52.7 Å². The van der Waals surface area contributed by atoms with Crippen molar-refractivity contribution in [2.75, 3.05) is 0 Å². The number of hydrogen-bond acceptors (Lipinski definition) is 2. The van der Waals surface area contributed by atoms with Gasteiger partial charge < -0.3 is 4.57 Å². The molecule has 0 saturated heterocycles. The van der Waals surface area contributed by atoms with Crippen molar-refractivity contribution in [2.45, 2.75) is 0 Å². The number of para-hydroxylation sites is 3. The van der Waals surface area contributed by atoms with Crippen molar-refractivity contribution in [2.24, 2.45) is 0 Å². The van der Waals surface area contributed by atoms with E-state index in [9.17, 15) is 0 Å². The molecule has 8 aromatic carbocycles. The minimum atomic E-state index is 0.658. The van der Waals surface area contributed by atoms with Crippen LogP contribution in [0.2, 0.25) is 0 Å². The Bertz CT molecular complexity index is 3170. The second kappa shape index (κ2) is 11.2. The quantitative estimate of drug-likeness (QED) is 0.188. The highest BCUT2D eigenvalue weighted by Gasteiger charge is 2.24. The van der Waals surface area contributed by atoms with E-state index in [1.54, 1.807) is 0 Å². The van der Waals surface area contributed by atoms with Gasteiger partial charge in [-0.25, -0.2) is 9.97 Å². The SMILES string of the molecule is c1ccc(-c2ccccc2-n2c3ccccc3c3c4c5c6ccccc6ccc5n(-c5nc(-c6ccccc6)c6ccccc6n5)c4ccc32)cc1. The van der Waals surface area contributed by atoms with Crippen LogP contribution in [0.4, 0.5) is 0 Å². The van der Waals surface area contributed by atoms with Crippen LogP contribution in [-0.2, 0) is 0 Å². The Morgan fingerprint density at radius 2 is 0.923 bits per heavy atom. The minimum absolute atomic E-state index is 0.658. The Kier molecular flexibility index (Phi) is 6.22. The van der Waals surface area contributed by atoms with Crippen LogP contribution >= 0.6 is 0 Å². The maximum Gasteiger partial charge on any atom is 0.235 e. The Labute approximate surface area is 299 Å². The molecule has 0 aliphatic rings. The Hall–Kier alpha value is -7.04. The van der Waals surface area contributed by atoms with E-state index in [1.165, 1.54) is 49.0 Å². The summed E-state index contributed by atoms with van der Waals surface area (Å²) in [5.74, 6) is 0.658. The number of aromatic nitrogens is 4. The summed E-state index contributed by atoms with van der Waals surface area (Å²) in [6.07, 6.45) is 0. The Morgan fingerprint density at radius 1 is 0.346 bits per heavy atom. The molecule has 52 heavy (non-hydrogen) atoms. The predicted octanol–water partition coefficient (Wildman–Crippen LogP) is 12.3. The molecule has 11 aromatic rings. The summed E-state index contributed by atoms with van der Waals surface area (Å²) in [6.45, 7) is 0. The fraction of sp³-hybridized carbons (Fsp3) is 0. The van der Waals surface area contributed by atoms with Crippen LogP contribution in [-0.4, -0.2) is 19.1 Å². The molecule has 11 rings (SSSR count). The molecule has 4 heteroatoms. The third-order valence-electron chi connectivity index (χ3n) is 10.5. The van der Waals surface area contributed by atoms with Crippen LogP contribution in [0.3, 0.4) is 0 Å². The average Bonchev–Trinajstić information content (AvgIpc) is 3.74. The smallest absolute Gasteiger partial charge is 0.235 e. The van der Waals surface area contributed by atoms with Crippen molar-refractivity contribution < 1.29 is 0 Å². The first-order chi connectivity index (χ1) is 25.8. The van der Waals surface area contributed by atoms with Gasteiger partial charge >= 0.3 is 0 Å². The topological polar surface area (TPSA) is 35.6 Å². The highest BCUT2D eigenvalue weighted by Crippen LogP contribution is 2.45. The molecule has 0 radical (unpaired) electrons. The zero-order chi connectivity index (χ0) is 34.2. The zero-order valence-corrected chi connectivity index (χ0v) is 28.1. The maximum absolute atomic E-state index is 5.38. The lowest BCUT2D eigenvalue weighted by atomic mass is 10.0. The Balaban J connectivity index is 1.31. The molecule has 0 atom stereocenters. The van der Waals surface area contributed by atoms with Crippen molar-refractivity contribution in [3.8, 4) is 34.0 Å². The largest absolute Gasteiger partial charge is 0.309 e. The lowest BCUT2D eigenvalue weighted by molar-refractivity contribution is 1.01. The van der Waals surface area contributed by atoms with E-state index >= 15 is 0 Å². The van der Waals surface area contributed by atoms with Crippen LogP contribution in [0.1, 0.15) is 0 Å². The Morgan fingerprint density at radius 3 is 1.75 bits per heavy atom. The van der Waals surface area contributed by atoms with E-state index in [2.05, 4.69) is 185 Å². The molecule has 3 heterocycles. The van der Waals surface area contributed by atoms with Gasteiger partial charge in [0.05, 0.1) is 39.0 Å². The van der Waals surface area contributed by atoms with Crippen LogP contribution in [0.5, 0.6) is 0 Å². The van der Waals surface area contributed by atoms with Gasteiger partial charge in [0.25, 0.3) is 0 Å². The summed E-state index contributed by atoms with van der Waals surface area (Å²) in [7, 11) is 0. The molecular formula is C48H30N4. The number of rotatable bonds is 4. The third-order valence-corrected chi connectivity index (χ3v) is 10.5. The number of nitrogens with zero attached hydrogens (tertiary/aromatic N) is 4. The summed E-state index contributed by atoms with van der Waals surface area (Å²) in [5, 5.41) is 8.29. The van der Waals surface area contributed by atoms with Gasteiger partial charge in [-0.1, -0.05) is 146 Å². The van der Waals surface area contributed by atoms with E-state index in [0.29, 0.717) is 5.95 Å². The minimum Gasteiger partial charge on any atom is -0.309 e. The van der Waals surface area contributed by atoms with E-state index in [-0.39, 0.29) is 0 Å². The van der Waals surface area contributed by atoms with Crippen LogP contribution in [0, 0.1) is 0 Å². The monoisotopic (exact) mass is 662 g/mol. The standard InChI is InChI=1S/C48H30N4/c1-3-15-31(16-4-1)34-20-10-13-25-39(34)51-40-26-14-11-23-37(40)45-41(51)29-30-43-46(45)44-35-21-8-7-17-32(35)27-28-42(44)52(43)48-49-38-24-12-9-22-36(38)47(50-48)33-18-5-2-6-19-33/h1-30H. The van der Waals surface area contributed by atoms with Crippen LogP contribution in [0.15, 0.2) is 182 Å². The molecule has 4 nitrogen and oxygen atoms in total. The fourth-order valence-electron chi connectivity index (χ4n) is 8.31.